The minimum absolute atomic E-state index is 0.222. The summed E-state index contributed by atoms with van der Waals surface area (Å²) in [4.78, 5) is 11.7. The average molecular weight is 290 g/mol. The van der Waals surface area contributed by atoms with Gasteiger partial charge in [-0.2, -0.15) is 0 Å². The highest BCUT2D eigenvalue weighted by Crippen LogP contribution is 2.27. The maximum atomic E-state index is 11.7. The highest BCUT2D eigenvalue weighted by atomic mass is 16.5. The van der Waals surface area contributed by atoms with Crippen molar-refractivity contribution in [2.75, 3.05) is 6.54 Å². The molecule has 0 spiro atoms. The fraction of sp³-hybridized carbons (Fsp3) is 0.588. The Kier molecular flexibility index (Phi) is 6.05. The van der Waals surface area contributed by atoms with Gasteiger partial charge in [0.2, 0.25) is 0 Å². The Labute approximate surface area is 126 Å². The van der Waals surface area contributed by atoms with E-state index in [1.165, 1.54) is 19.3 Å². The van der Waals surface area contributed by atoms with E-state index < -0.39 is 5.91 Å². The molecule has 0 unspecified atom stereocenters. The van der Waals surface area contributed by atoms with Crippen molar-refractivity contribution in [1.29, 1.82) is 0 Å². The molecule has 1 aromatic rings. The first-order valence-corrected chi connectivity index (χ1v) is 8.00. The summed E-state index contributed by atoms with van der Waals surface area (Å²) in [6, 6.07) is 5.80. The van der Waals surface area contributed by atoms with E-state index in [4.69, 9.17) is 16.2 Å². The summed E-state index contributed by atoms with van der Waals surface area (Å²) >= 11 is 0. The van der Waals surface area contributed by atoms with Crippen LogP contribution in [0.1, 0.15) is 60.9 Å². The van der Waals surface area contributed by atoms with Gasteiger partial charge >= 0.3 is 0 Å². The van der Waals surface area contributed by atoms with Crippen molar-refractivity contribution < 1.29 is 9.53 Å². The van der Waals surface area contributed by atoms with E-state index in [0.717, 1.165) is 37.7 Å². The van der Waals surface area contributed by atoms with Crippen LogP contribution < -0.4 is 16.2 Å². The zero-order chi connectivity index (χ0) is 15.1. The number of hydrogen-bond acceptors (Lipinski definition) is 3. The second kappa shape index (κ2) is 8.03. The van der Waals surface area contributed by atoms with Crippen LogP contribution in [-0.2, 0) is 6.42 Å². The Balaban J connectivity index is 2.07. The fourth-order valence-electron chi connectivity index (χ4n) is 2.86. The van der Waals surface area contributed by atoms with Gasteiger partial charge in [-0.3, -0.25) is 4.79 Å². The lowest BCUT2D eigenvalue weighted by molar-refractivity contribution is 0.0988. The van der Waals surface area contributed by atoms with Crippen LogP contribution in [0.4, 0.5) is 0 Å². The number of carbonyl (C=O) groups excluding carboxylic acids is 1. The molecule has 4 heteroatoms. The molecule has 0 atom stereocenters. The molecule has 0 saturated heterocycles. The molecule has 4 N–H and O–H groups in total. The molecule has 2 rings (SSSR count). The first-order valence-electron chi connectivity index (χ1n) is 8.00. The van der Waals surface area contributed by atoms with E-state index in [1.54, 1.807) is 0 Å². The second-order valence-corrected chi connectivity index (χ2v) is 5.82. The molecule has 4 nitrogen and oxygen atoms in total. The number of nitrogens with two attached hydrogens (primary N) is 2. The first-order chi connectivity index (χ1) is 10.2. The van der Waals surface area contributed by atoms with Crippen molar-refractivity contribution in [2.45, 2.75) is 57.5 Å². The maximum Gasteiger partial charge on any atom is 0.252 e. The van der Waals surface area contributed by atoms with Crippen LogP contribution >= 0.6 is 0 Å². The van der Waals surface area contributed by atoms with Gasteiger partial charge in [-0.05, 0) is 69.2 Å². The Morgan fingerprint density at radius 3 is 2.62 bits per heavy atom. The van der Waals surface area contributed by atoms with Gasteiger partial charge in [0.1, 0.15) is 5.75 Å². The normalized spacial score (nSPS) is 15.9. The van der Waals surface area contributed by atoms with E-state index in [2.05, 4.69) is 0 Å². The molecule has 0 aliphatic heterocycles. The van der Waals surface area contributed by atoms with E-state index in [1.807, 2.05) is 18.2 Å². The summed E-state index contributed by atoms with van der Waals surface area (Å²) in [5.74, 6) is 0.221. The smallest absolute Gasteiger partial charge is 0.252 e. The Morgan fingerprint density at radius 1 is 1.19 bits per heavy atom. The molecule has 0 aromatic heterocycles. The average Bonchev–Trinajstić information content (AvgIpc) is 2.50. The monoisotopic (exact) mass is 290 g/mol. The Hall–Kier alpha value is -1.55. The van der Waals surface area contributed by atoms with Crippen LogP contribution in [0.25, 0.3) is 0 Å². The van der Waals surface area contributed by atoms with Crippen LogP contribution in [0.2, 0.25) is 0 Å². The number of rotatable bonds is 7. The number of primary amides is 1. The van der Waals surface area contributed by atoms with Crippen LogP contribution in [-0.4, -0.2) is 18.6 Å². The summed E-state index contributed by atoms with van der Waals surface area (Å²) in [6.07, 6.45) is 8.97. The van der Waals surface area contributed by atoms with Crippen LogP contribution in [0.3, 0.4) is 0 Å². The van der Waals surface area contributed by atoms with Gasteiger partial charge in [-0.1, -0.05) is 12.5 Å². The molecule has 1 aliphatic carbocycles. The van der Waals surface area contributed by atoms with E-state index >= 15 is 0 Å². The molecular weight excluding hydrogens is 264 g/mol. The highest BCUT2D eigenvalue weighted by Gasteiger charge is 2.18. The van der Waals surface area contributed by atoms with Crippen molar-refractivity contribution in [3.63, 3.8) is 0 Å². The first kappa shape index (κ1) is 15.8. The second-order valence-electron chi connectivity index (χ2n) is 5.82. The summed E-state index contributed by atoms with van der Waals surface area (Å²) < 4.78 is 6.01. The number of benzene rings is 1. The maximum absolute atomic E-state index is 11.7. The van der Waals surface area contributed by atoms with Crippen molar-refractivity contribution >= 4 is 5.91 Å². The Morgan fingerprint density at radius 2 is 1.95 bits per heavy atom. The summed E-state index contributed by atoms with van der Waals surface area (Å²) in [5.41, 5.74) is 12.6. The molecule has 1 saturated carbocycles. The molecule has 0 bridgehead atoms. The molecule has 1 fully saturated rings. The zero-order valence-corrected chi connectivity index (χ0v) is 12.6. The van der Waals surface area contributed by atoms with Gasteiger partial charge in [0.05, 0.1) is 11.7 Å². The van der Waals surface area contributed by atoms with E-state index in [-0.39, 0.29) is 6.10 Å². The third-order valence-electron chi connectivity index (χ3n) is 4.07. The lowest BCUT2D eigenvalue weighted by Crippen LogP contribution is -2.22. The fourth-order valence-corrected chi connectivity index (χ4v) is 2.86. The highest BCUT2D eigenvalue weighted by molar-refractivity contribution is 5.95. The molecule has 1 aliphatic rings. The number of amides is 1. The lowest BCUT2D eigenvalue weighted by Gasteiger charge is -2.24. The predicted octanol–water partition coefficient (Wildman–Crippen LogP) is 2.78. The predicted molar refractivity (Wildman–Crippen MR) is 84.5 cm³/mol. The van der Waals surface area contributed by atoms with Crippen LogP contribution in [0.5, 0.6) is 5.75 Å². The van der Waals surface area contributed by atoms with Gasteiger partial charge in [-0.25, -0.2) is 0 Å². The zero-order valence-electron chi connectivity index (χ0n) is 12.6. The lowest BCUT2D eigenvalue weighted by atomic mass is 9.97. The molecule has 0 heterocycles. The summed E-state index contributed by atoms with van der Waals surface area (Å²) in [6.45, 7) is 0.700. The van der Waals surface area contributed by atoms with Crippen molar-refractivity contribution in [3.8, 4) is 5.75 Å². The van der Waals surface area contributed by atoms with E-state index in [9.17, 15) is 4.79 Å². The largest absolute Gasteiger partial charge is 0.490 e. The number of unbranched alkanes of at least 4 members (excludes halogenated alkanes) is 1. The van der Waals surface area contributed by atoms with Gasteiger partial charge in [0.15, 0.2) is 0 Å². The number of ether oxygens (including phenoxy) is 1. The third kappa shape index (κ3) is 4.74. The van der Waals surface area contributed by atoms with E-state index in [0.29, 0.717) is 17.9 Å². The van der Waals surface area contributed by atoms with Gasteiger partial charge < -0.3 is 16.2 Å². The molecular formula is C17H26N2O2. The molecule has 21 heavy (non-hydrogen) atoms. The quantitative estimate of drug-likeness (QED) is 0.758. The summed E-state index contributed by atoms with van der Waals surface area (Å²) in [5, 5.41) is 0. The number of aryl methyl sites for hydroxylation is 1. The molecule has 0 radical (unpaired) electrons. The SMILES string of the molecule is NCCCCc1ccc(OC2CCCCC2)c(C(N)=O)c1. The number of carbonyl (C=O) groups is 1. The van der Waals surface area contributed by atoms with Crippen molar-refractivity contribution in [2.24, 2.45) is 11.5 Å². The van der Waals surface area contributed by atoms with Crippen LogP contribution in [0.15, 0.2) is 18.2 Å². The number of hydrogen-bond donors (Lipinski definition) is 2. The topological polar surface area (TPSA) is 78.3 Å². The van der Waals surface area contributed by atoms with Crippen molar-refractivity contribution in [3.05, 3.63) is 29.3 Å². The van der Waals surface area contributed by atoms with Gasteiger partial charge in [0, 0.05) is 0 Å². The van der Waals surface area contributed by atoms with Gasteiger partial charge in [0.25, 0.3) is 5.91 Å². The van der Waals surface area contributed by atoms with Crippen molar-refractivity contribution in [1.82, 2.24) is 0 Å². The summed E-state index contributed by atoms with van der Waals surface area (Å²) in [7, 11) is 0. The molecule has 116 valence electrons. The van der Waals surface area contributed by atoms with Crippen LogP contribution in [0, 0.1) is 0 Å². The molecule has 1 aromatic carbocycles. The standard InChI is InChI=1S/C17H26N2O2/c18-11-5-4-6-13-9-10-16(15(12-13)17(19)20)21-14-7-2-1-3-8-14/h9-10,12,14H,1-8,11,18H2,(H2,19,20). The Bertz CT molecular complexity index is 468. The minimum atomic E-state index is -0.415. The molecule has 1 amide bonds. The minimum Gasteiger partial charge on any atom is -0.490 e. The third-order valence-corrected chi connectivity index (χ3v) is 4.07. The van der Waals surface area contributed by atoms with Gasteiger partial charge in [-0.15, -0.1) is 0 Å².